The second kappa shape index (κ2) is 3.77. The van der Waals surface area contributed by atoms with Crippen molar-refractivity contribution in [1.82, 2.24) is 9.61 Å². The zero-order valence-electron chi connectivity index (χ0n) is 8.93. The van der Waals surface area contributed by atoms with E-state index in [1.807, 2.05) is 0 Å². The number of ketones is 1. The van der Waals surface area contributed by atoms with Crippen LogP contribution in [-0.2, 0) is 4.74 Å². The number of hydrogen-bond acceptors (Lipinski definition) is 4. The minimum absolute atomic E-state index is 0.149. The van der Waals surface area contributed by atoms with E-state index in [1.165, 1.54) is 24.6 Å². The Kier molecular flexibility index (Phi) is 2.44. The third kappa shape index (κ3) is 1.46. The number of rotatable bonds is 2. The summed E-state index contributed by atoms with van der Waals surface area (Å²) in [6.07, 6.45) is 1.56. The molecular weight excluding hydrogens is 208 g/mol. The number of aromatic nitrogens is 2. The molecule has 2 aromatic heterocycles. The summed E-state index contributed by atoms with van der Waals surface area (Å²) in [5.74, 6) is -0.623. The first-order valence-corrected chi connectivity index (χ1v) is 4.71. The maximum atomic E-state index is 11.5. The zero-order chi connectivity index (χ0) is 11.7. The van der Waals surface area contributed by atoms with Crippen LogP contribution in [0.4, 0.5) is 0 Å². The molecule has 0 unspecified atom stereocenters. The van der Waals surface area contributed by atoms with Gasteiger partial charge in [-0.15, -0.1) is 0 Å². The van der Waals surface area contributed by atoms with E-state index in [-0.39, 0.29) is 5.78 Å². The lowest BCUT2D eigenvalue weighted by Gasteiger charge is -1.97. The van der Waals surface area contributed by atoms with E-state index in [2.05, 4.69) is 9.84 Å². The number of hydrogen-bond donors (Lipinski definition) is 0. The fraction of sp³-hybridized carbons (Fsp3) is 0.182. The van der Waals surface area contributed by atoms with Crippen LogP contribution in [0.1, 0.15) is 27.8 Å². The molecule has 2 rings (SSSR count). The lowest BCUT2D eigenvalue weighted by molar-refractivity contribution is 0.0603. The highest BCUT2D eigenvalue weighted by Crippen LogP contribution is 2.16. The smallest absolute Gasteiger partial charge is 0.340 e. The number of carbonyl (C=O) groups is 2. The number of nitrogens with zero attached hydrogens (tertiary/aromatic N) is 2. The summed E-state index contributed by atoms with van der Waals surface area (Å²) in [6, 6.07) is 4.91. The monoisotopic (exact) mass is 218 g/mol. The third-order valence-electron chi connectivity index (χ3n) is 2.30. The van der Waals surface area contributed by atoms with Gasteiger partial charge in [0.05, 0.1) is 18.2 Å². The maximum Gasteiger partial charge on any atom is 0.340 e. The normalized spacial score (nSPS) is 10.4. The number of carbonyl (C=O) groups excluding carboxylic acids is 2. The van der Waals surface area contributed by atoms with Crippen LogP contribution in [0.15, 0.2) is 24.4 Å². The molecule has 16 heavy (non-hydrogen) atoms. The van der Waals surface area contributed by atoms with E-state index < -0.39 is 5.97 Å². The molecule has 0 aliphatic heterocycles. The average Bonchev–Trinajstić information content (AvgIpc) is 2.67. The molecule has 0 aliphatic rings. The molecule has 82 valence electrons. The van der Waals surface area contributed by atoms with Gasteiger partial charge < -0.3 is 4.74 Å². The first kappa shape index (κ1) is 10.4. The Balaban J connectivity index is 2.76. The van der Waals surface area contributed by atoms with Gasteiger partial charge in [-0.25, -0.2) is 9.31 Å². The van der Waals surface area contributed by atoms with Gasteiger partial charge in [-0.3, -0.25) is 4.79 Å². The van der Waals surface area contributed by atoms with Crippen LogP contribution in [-0.4, -0.2) is 28.5 Å². The minimum Gasteiger partial charge on any atom is -0.465 e. The molecule has 0 aromatic carbocycles. The van der Waals surface area contributed by atoms with Gasteiger partial charge in [-0.1, -0.05) is 0 Å². The minimum atomic E-state index is -0.474. The quantitative estimate of drug-likeness (QED) is 0.563. The van der Waals surface area contributed by atoms with E-state index >= 15 is 0 Å². The Bertz CT molecular complexity index is 572. The van der Waals surface area contributed by atoms with Crippen molar-refractivity contribution >= 4 is 17.3 Å². The van der Waals surface area contributed by atoms with Crippen LogP contribution in [0.3, 0.4) is 0 Å². The Hall–Kier alpha value is -2.17. The molecule has 0 amide bonds. The Morgan fingerprint density at radius 3 is 2.81 bits per heavy atom. The fourth-order valence-electron chi connectivity index (χ4n) is 1.56. The van der Waals surface area contributed by atoms with Crippen LogP contribution in [0.2, 0.25) is 0 Å². The van der Waals surface area contributed by atoms with Crippen molar-refractivity contribution in [3.63, 3.8) is 0 Å². The molecule has 2 aromatic rings. The summed E-state index contributed by atoms with van der Waals surface area (Å²) in [7, 11) is 1.30. The van der Waals surface area contributed by atoms with E-state index in [4.69, 9.17) is 0 Å². The first-order valence-electron chi connectivity index (χ1n) is 4.71. The third-order valence-corrected chi connectivity index (χ3v) is 2.30. The second-order valence-corrected chi connectivity index (χ2v) is 3.31. The van der Waals surface area contributed by atoms with Gasteiger partial charge in [0.15, 0.2) is 5.78 Å². The van der Waals surface area contributed by atoms with Crippen LogP contribution in [0.25, 0.3) is 5.52 Å². The Morgan fingerprint density at radius 1 is 1.44 bits per heavy atom. The largest absolute Gasteiger partial charge is 0.465 e. The van der Waals surface area contributed by atoms with Gasteiger partial charge in [0.2, 0.25) is 0 Å². The van der Waals surface area contributed by atoms with Crippen molar-refractivity contribution in [3.05, 3.63) is 35.7 Å². The Labute approximate surface area is 91.6 Å². The van der Waals surface area contributed by atoms with Crippen molar-refractivity contribution in [2.24, 2.45) is 0 Å². The summed E-state index contributed by atoms with van der Waals surface area (Å²) in [5, 5.41) is 4.03. The Morgan fingerprint density at radius 2 is 2.19 bits per heavy atom. The van der Waals surface area contributed by atoms with Gasteiger partial charge >= 0.3 is 5.97 Å². The number of ether oxygens (including phenoxy) is 1. The van der Waals surface area contributed by atoms with Crippen LogP contribution >= 0.6 is 0 Å². The average molecular weight is 218 g/mol. The van der Waals surface area contributed by atoms with Crippen molar-refractivity contribution < 1.29 is 14.3 Å². The molecule has 0 radical (unpaired) electrons. The van der Waals surface area contributed by atoms with Gasteiger partial charge in [0.25, 0.3) is 0 Å². The summed E-state index contributed by atoms with van der Waals surface area (Å²) in [5.41, 5.74) is 1.29. The summed E-state index contributed by atoms with van der Waals surface area (Å²) < 4.78 is 6.09. The molecule has 5 nitrogen and oxygen atoms in total. The SMILES string of the molecule is COC(=O)c1cc(C(C)=O)n2ncccc12. The molecule has 0 bridgehead atoms. The lowest BCUT2D eigenvalue weighted by atomic mass is 10.2. The highest BCUT2D eigenvalue weighted by atomic mass is 16.5. The highest BCUT2D eigenvalue weighted by Gasteiger charge is 2.18. The topological polar surface area (TPSA) is 60.7 Å². The van der Waals surface area contributed by atoms with Gasteiger partial charge in [0.1, 0.15) is 5.69 Å². The standard InChI is InChI=1S/C11H10N2O3/c1-7(14)10-6-8(11(15)16-2)9-4-3-5-12-13(9)10/h3-6H,1-2H3. The van der Waals surface area contributed by atoms with Gasteiger partial charge in [-0.2, -0.15) is 5.10 Å². The predicted molar refractivity (Wildman–Crippen MR) is 56.5 cm³/mol. The first-order chi connectivity index (χ1) is 7.65. The van der Waals surface area contributed by atoms with Gasteiger partial charge in [0, 0.05) is 13.1 Å². The van der Waals surface area contributed by atoms with Crippen LogP contribution < -0.4 is 0 Å². The lowest BCUT2D eigenvalue weighted by Crippen LogP contribution is -2.01. The molecule has 5 heteroatoms. The maximum absolute atomic E-state index is 11.5. The number of methoxy groups -OCH3 is 1. The zero-order valence-corrected chi connectivity index (χ0v) is 8.93. The molecule has 0 atom stereocenters. The fourth-order valence-corrected chi connectivity index (χ4v) is 1.56. The number of esters is 1. The van der Waals surface area contributed by atoms with Crippen molar-refractivity contribution in [2.75, 3.05) is 7.11 Å². The number of Topliss-reactive ketones (excluding diaryl/α,β-unsaturated/α-hetero) is 1. The summed E-state index contributed by atoms with van der Waals surface area (Å²) in [4.78, 5) is 22.9. The highest BCUT2D eigenvalue weighted by molar-refractivity contribution is 6.02. The molecule has 0 fully saturated rings. The van der Waals surface area contributed by atoms with Gasteiger partial charge in [-0.05, 0) is 18.2 Å². The van der Waals surface area contributed by atoms with E-state index in [0.717, 1.165) is 0 Å². The van der Waals surface area contributed by atoms with Crippen molar-refractivity contribution in [1.29, 1.82) is 0 Å². The second-order valence-electron chi connectivity index (χ2n) is 3.31. The van der Waals surface area contributed by atoms with E-state index in [0.29, 0.717) is 16.8 Å². The molecular formula is C11H10N2O3. The van der Waals surface area contributed by atoms with Crippen molar-refractivity contribution in [2.45, 2.75) is 6.92 Å². The van der Waals surface area contributed by atoms with E-state index in [1.54, 1.807) is 18.3 Å². The number of fused-ring (bicyclic) bond motifs is 1. The molecule has 0 N–H and O–H groups in total. The summed E-state index contributed by atoms with van der Waals surface area (Å²) >= 11 is 0. The van der Waals surface area contributed by atoms with Crippen molar-refractivity contribution in [3.8, 4) is 0 Å². The van der Waals surface area contributed by atoms with Crippen LogP contribution in [0.5, 0.6) is 0 Å². The predicted octanol–water partition coefficient (Wildman–Crippen LogP) is 1.32. The summed E-state index contributed by atoms with van der Waals surface area (Å²) in [6.45, 7) is 1.43. The molecule has 0 aliphatic carbocycles. The molecule has 2 heterocycles. The van der Waals surface area contributed by atoms with Crippen LogP contribution in [0, 0.1) is 0 Å². The molecule has 0 spiro atoms. The molecule has 0 saturated heterocycles. The van der Waals surface area contributed by atoms with E-state index in [9.17, 15) is 9.59 Å². The molecule has 0 saturated carbocycles.